The van der Waals surface area contributed by atoms with Crippen molar-refractivity contribution in [2.75, 3.05) is 44.0 Å². The highest BCUT2D eigenvalue weighted by molar-refractivity contribution is 5.96. The molecule has 0 unspecified atom stereocenters. The predicted octanol–water partition coefficient (Wildman–Crippen LogP) is 4.42. The quantitative estimate of drug-likeness (QED) is 0.390. The topological polar surface area (TPSA) is 79.9 Å². The van der Waals surface area contributed by atoms with Crippen molar-refractivity contribution in [1.82, 2.24) is 4.90 Å². The highest BCUT2D eigenvalue weighted by Crippen LogP contribution is 2.18. The van der Waals surface area contributed by atoms with E-state index in [4.69, 9.17) is 9.47 Å². The molecule has 0 saturated carbocycles. The average Bonchev–Trinajstić information content (AvgIpc) is 2.86. The lowest BCUT2D eigenvalue weighted by atomic mass is 10.1. The molecule has 7 heteroatoms. The molecule has 0 radical (unpaired) electrons. The molecule has 3 aromatic carbocycles. The molecule has 0 heterocycles. The molecule has 178 valence electrons. The molecule has 7 nitrogen and oxygen atoms in total. The van der Waals surface area contributed by atoms with Gasteiger partial charge in [-0.1, -0.05) is 42.5 Å². The van der Waals surface area contributed by atoms with Crippen molar-refractivity contribution in [3.05, 3.63) is 90.0 Å². The number of carbonyl (C=O) groups excluding carboxylic acids is 2. The number of benzene rings is 3. The van der Waals surface area contributed by atoms with Gasteiger partial charge in [0.05, 0.1) is 13.2 Å². The second-order valence-electron chi connectivity index (χ2n) is 7.70. The fourth-order valence-electron chi connectivity index (χ4n) is 3.33. The van der Waals surface area contributed by atoms with Crippen molar-refractivity contribution in [3.63, 3.8) is 0 Å². The van der Waals surface area contributed by atoms with Gasteiger partial charge in [0.15, 0.2) is 0 Å². The molecule has 3 aromatic rings. The van der Waals surface area contributed by atoms with Crippen LogP contribution in [0, 0.1) is 0 Å². The van der Waals surface area contributed by atoms with Gasteiger partial charge in [0.1, 0.15) is 12.4 Å². The summed E-state index contributed by atoms with van der Waals surface area (Å²) in [4.78, 5) is 26.9. The van der Waals surface area contributed by atoms with Crippen LogP contribution >= 0.6 is 0 Å². The van der Waals surface area contributed by atoms with Gasteiger partial charge in [0, 0.05) is 43.2 Å². The zero-order valence-corrected chi connectivity index (χ0v) is 19.6. The summed E-state index contributed by atoms with van der Waals surface area (Å²) in [5.74, 6) is 0.374. The molecule has 0 aromatic heterocycles. The molecule has 0 atom stereocenters. The van der Waals surface area contributed by atoms with E-state index in [9.17, 15) is 9.59 Å². The highest BCUT2D eigenvalue weighted by Gasteiger charge is 2.13. The molecule has 2 N–H and O–H groups in total. The number of nitrogens with one attached hydrogen (secondary N) is 2. The van der Waals surface area contributed by atoms with Crippen LogP contribution in [0.3, 0.4) is 0 Å². The number of rotatable bonds is 12. The Bertz CT molecular complexity index is 1070. The molecule has 0 aliphatic heterocycles. The number of anilines is 2. The fraction of sp³-hybridized carbons (Fsp3) is 0.259. The van der Waals surface area contributed by atoms with Crippen LogP contribution in [0.4, 0.5) is 11.4 Å². The van der Waals surface area contributed by atoms with E-state index in [0.29, 0.717) is 49.1 Å². The maximum absolute atomic E-state index is 12.8. The molecular weight excluding hydrogens is 430 g/mol. The Morgan fingerprint density at radius 2 is 1.65 bits per heavy atom. The maximum Gasteiger partial charge on any atom is 0.253 e. The smallest absolute Gasteiger partial charge is 0.253 e. The van der Waals surface area contributed by atoms with Gasteiger partial charge in [0.2, 0.25) is 5.91 Å². The van der Waals surface area contributed by atoms with Crippen molar-refractivity contribution >= 4 is 23.2 Å². The summed E-state index contributed by atoms with van der Waals surface area (Å²) >= 11 is 0. The summed E-state index contributed by atoms with van der Waals surface area (Å²) in [6, 6.07) is 24.2. The van der Waals surface area contributed by atoms with E-state index >= 15 is 0 Å². The van der Waals surface area contributed by atoms with E-state index in [1.54, 1.807) is 42.3 Å². The number of amides is 2. The first-order valence-corrected chi connectivity index (χ1v) is 11.3. The Labute approximate surface area is 200 Å². The summed E-state index contributed by atoms with van der Waals surface area (Å²) < 4.78 is 10.9. The molecule has 0 saturated heterocycles. The third-order valence-corrected chi connectivity index (χ3v) is 4.99. The first kappa shape index (κ1) is 24.8. The fourth-order valence-corrected chi connectivity index (χ4v) is 3.33. The van der Waals surface area contributed by atoms with E-state index in [0.717, 1.165) is 5.56 Å². The summed E-state index contributed by atoms with van der Waals surface area (Å²) in [6.07, 6.45) is 0. The Morgan fingerprint density at radius 3 is 2.44 bits per heavy atom. The Morgan fingerprint density at radius 1 is 0.882 bits per heavy atom. The largest absolute Gasteiger partial charge is 0.491 e. The molecule has 0 bridgehead atoms. The standard InChI is InChI=1S/C27H31N3O4/c1-3-33-15-16-34-25-14-8-13-24(18-25)29-26(31)19-28-23-12-7-11-22(17-23)27(32)30(2)20-21-9-5-4-6-10-21/h4-14,17-18,28H,3,15-16,19-20H2,1-2H3,(H,29,31). The van der Waals surface area contributed by atoms with Crippen molar-refractivity contribution in [2.45, 2.75) is 13.5 Å². The lowest BCUT2D eigenvalue weighted by molar-refractivity contribution is -0.114. The monoisotopic (exact) mass is 461 g/mol. The van der Waals surface area contributed by atoms with Crippen molar-refractivity contribution in [2.24, 2.45) is 0 Å². The van der Waals surface area contributed by atoms with Gasteiger partial charge >= 0.3 is 0 Å². The van der Waals surface area contributed by atoms with Gasteiger partial charge in [-0.3, -0.25) is 9.59 Å². The van der Waals surface area contributed by atoms with Crippen LogP contribution in [0.25, 0.3) is 0 Å². The lowest BCUT2D eigenvalue weighted by Gasteiger charge is -2.18. The van der Waals surface area contributed by atoms with Crippen molar-refractivity contribution in [3.8, 4) is 5.75 Å². The highest BCUT2D eigenvalue weighted by atomic mass is 16.5. The van der Waals surface area contributed by atoms with Crippen LogP contribution in [0.5, 0.6) is 5.75 Å². The molecule has 0 spiro atoms. The van der Waals surface area contributed by atoms with Crippen LogP contribution in [0.15, 0.2) is 78.9 Å². The number of ether oxygens (including phenoxy) is 2. The Hall–Kier alpha value is -3.84. The summed E-state index contributed by atoms with van der Waals surface area (Å²) in [6.45, 7) is 4.13. The number of carbonyl (C=O) groups is 2. The van der Waals surface area contributed by atoms with Crippen molar-refractivity contribution < 1.29 is 19.1 Å². The first-order chi connectivity index (χ1) is 16.5. The molecule has 0 fully saturated rings. The second-order valence-corrected chi connectivity index (χ2v) is 7.70. The molecule has 2 amide bonds. The zero-order valence-electron chi connectivity index (χ0n) is 19.6. The molecule has 0 aliphatic carbocycles. The van der Waals surface area contributed by atoms with Gasteiger partial charge in [-0.05, 0) is 42.8 Å². The van der Waals surface area contributed by atoms with E-state index in [1.165, 1.54) is 0 Å². The van der Waals surface area contributed by atoms with E-state index in [2.05, 4.69) is 10.6 Å². The maximum atomic E-state index is 12.8. The minimum absolute atomic E-state index is 0.0624. The third-order valence-electron chi connectivity index (χ3n) is 4.99. The minimum atomic E-state index is -0.204. The first-order valence-electron chi connectivity index (χ1n) is 11.3. The molecular formula is C27H31N3O4. The second kappa shape index (κ2) is 13.0. The van der Waals surface area contributed by atoms with E-state index in [1.807, 2.05) is 55.5 Å². The van der Waals surface area contributed by atoms with Crippen LogP contribution in [-0.2, 0) is 16.1 Å². The van der Waals surface area contributed by atoms with Gasteiger partial charge in [-0.25, -0.2) is 0 Å². The number of hydrogen-bond donors (Lipinski definition) is 2. The zero-order chi connectivity index (χ0) is 24.2. The predicted molar refractivity (Wildman–Crippen MR) is 134 cm³/mol. The molecule has 3 rings (SSSR count). The van der Waals surface area contributed by atoms with Crippen molar-refractivity contribution in [1.29, 1.82) is 0 Å². The lowest BCUT2D eigenvalue weighted by Crippen LogP contribution is -2.26. The van der Waals surface area contributed by atoms with Gasteiger partial charge in [0.25, 0.3) is 5.91 Å². The summed E-state index contributed by atoms with van der Waals surface area (Å²) in [5.41, 5.74) is 2.96. The van der Waals surface area contributed by atoms with Gasteiger partial charge in [-0.15, -0.1) is 0 Å². The van der Waals surface area contributed by atoms with Crippen LogP contribution < -0.4 is 15.4 Å². The van der Waals surface area contributed by atoms with Crippen LogP contribution in [-0.4, -0.2) is 50.1 Å². The van der Waals surface area contributed by atoms with Gasteiger partial charge in [-0.2, -0.15) is 0 Å². The molecule has 34 heavy (non-hydrogen) atoms. The Balaban J connectivity index is 1.50. The van der Waals surface area contributed by atoms with Gasteiger partial charge < -0.3 is 25.0 Å². The minimum Gasteiger partial charge on any atom is -0.491 e. The third kappa shape index (κ3) is 7.94. The Kier molecular flexibility index (Phi) is 9.49. The SMILES string of the molecule is CCOCCOc1cccc(NC(=O)CNc2cccc(C(=O)N(C)Cc3ccccc3)c2)c1. The molecule has 0 aliphatic rings. The average molecular weight is 462 g/mol. The summed E-state index contributed by atoms with van der Waals surface area (Å²) in [5, 5.41) is 5.93. The summed E-state index contributed by atoms with van der Waals surface area (Å²) in [7, 11) is 1.78. The number of nitrogens with zero attached hydrogens (tertiary/aromatic N) is 1. The van der Waals surface area contributed by atoms with E-state index in [-0.39, 0.29) is 18.4 Å². The van der Waals surface area contributed by atoms with E-state index < -0.39 is 0 Å². The van der Waals surface area contributed by atoms with Crippen LogP contribution in [0.2, 0.25) is 0 Å². The number of hydrogen-bond acceptors (Lipinski definition) is 5. The normalized spacial score (nSPS) is 10.4. The van der Waals surface area contributed by atoms with Crippen LogP contribution in [0.1, 0.15) is 22.8 Å².